The molecule has 0 aliphatic heterocycles. The summed E-state index contributed by atoms with van der Waals surface area (Å²) in [6.45, 7) is 3.11. The van der Waals surface area contributed by atoms with Gasteiger partial charge >= 0.3 is 0 Å². The molecule has 0 bridgehead atoms. The predicted octanol–water partition coefficient (Wildman–Crippen LogP) is 4.16. The highest BCUT2D eigenvalue weighted by Crippen LogP contribution is 2.34. The van der Waals surface area contributed by atoms with Gasteiger partial charge in [-0.25, -0.2) is 0 Å². The summed E-state index contributed by atoms with van der Waals surface area (Å²) >= 11 is 3.68. The minimum atomic E-state index is 0.264. The van der Waals surface area contributed by atoms with Crippen LogP contribution in [-0.2, 0) is 10.2 Å². The largest absolute Gasteiger partial charge is 0.385 e. The van der Waals surface area contributed by atoms with Crippen molar-refractivity contribution in [3.05, 3.63) is 35.9 Å². The molecule has 1 nitrogen and oxygen atoms in total. The topological polar surface area (TPSA) is 9.23 Å². The molecule has 1 atom stereocenters. The van der Waals surface area contributed by atoms with Crippen molar-refractivity contribution in [2.24, 2.45) is 0 Å². The Morgan fingerprint density at radius 2 is 1.94 bits per heavy atom. The first-order chi connectivity index (χ1) is 7.79. The van der Waals surface area contributed by atoms with Gasteiger partial charge in [0.1, 0.15) is 0 Å². The molecule has 0 saturated heterocycles. The van der Waals surface area contributed by atoms with E-state index < -0.39 is 0 Å². The first-order valence-corrected chi connectivity index (χ1v) is 7.01. The van der Waals surface area contributed by atoms with Crippen LogP contribution in [0.3, 0.4) is 0 Å². The van der Waals surface area contributed by atoms with Crippen LogP contribution in [0.1, 0.15) is 31.7 Å². The van der Waals surface area contributed by atoms with Crippen molar-refractivity contribution in [1.29, 1.82) is 0 Å². The second-order valence-corrected chi connectivity index (χ2v) is 4.79. The Labute approximate surface area is 107 Å². The van der Waals surface area contributed by atoms with Crippen LogP contribution < -0.4 is 0 Å². The van der Waals surface area contributed by atoms with Gasteiger partial charge in [0.05, 0.1) is 0 Å². The predicted molar refractivity (Wildman–Crippen MR) is 73.3 cm³/mol. The Bertz CT molecular complexity index is 280. The molecule has 2 heteroatoms. The van der Waals surface area contributed by atoms with Crippen LogP contribution in [0.15, 0.2) is 30.3 Å². The van der Waals surface area contributed by atoms with E-state index >= 15 is 0 Å². The van der Waals surface area contributed by atoms with Crippen molar-refractivity contribution >= 4 is 15.9 Å². The van der Waals surface area contributed by atoms with E-state index in [1.54, 1.807) is 7.11 Å². The molecule has 0 saturated carbocycles. The normalized spacial score (nSPS) is 14.7. The fourth-order valence-electron chi connectivity index (χ4n) is 2.11. The molecule has 0 N–H and O–H groups in total. The molecular weight excluding hydrogens is 264 g/mol. The zero-order valence-corrected chi connectivity index (χ0v) is 11.8. The summed E-state index contributed by atoms with van der Waals surface area (Å²) in [6, 6.07) is 10.8. The quantitative estimate of drug-likeness (QED) is 0.540. The van der Waals surface area contributed by atoms with E-state index in [0.29, 0.717) is 0 Å². The van der Waals surface area contributed by atoms with Gasteiger partial charge in [-0.15, -0.1) is 0 Å². The van der Waals surface area contributed by atoms with Gasteiger partial charge in [0.15, 0.2) is 0 Å². The Morgan fingerprint density at radius 3 is 2.44 bits per heavy atom. The lowest BCUT2D eigenvalue weighted by molar-refractivity contribution is 0.184. The number of methoxy groups -OCH3 is 1. The highest BCUT2D eigenvalue weighted by Gasteiger charge is 2.28. The molecule has 1 aromatic rings. The van der Waals surface area contributed by atoms with Crippen molar-refractivity contribution in [3.8, 4) is 0 Å². The van der Waals surface area contributed by atoms with E-state index in [9.17, 15) is 0 Å². The Balaban J connectivity index is 2.79. The summed E-state index contributed by atoms with van der Waals surface area (Å²) < 4.78 is 5.15. The van der Waals surface area contributed by atoms with Crippen LogP contribution in [0.5, 0.6) is 0 Å². The molecule has 90 valence electrons. The summed E-state index contributed by atoms with van der Waals surface area (Å²) in [4.78, 5) is 0. The zero-order chi connectivity index (χ0) is 11.9. The van der Waals surface area contributed by atoms with Crippen LogP contribution in [-0.4, -0.2) is 19.0 Å². The fourth-order valence-corrected chi connectivity index (χ4v) is 3.11. The molecule has 0 aliphatic rings. The molecule has 0 fully saturated rings. The lowest BCUT2D eigenvalue weighted by Crippen LogP contribution is -2.27. The SMILES string of the molecule is CCC(CBr)(CCCOC)c1ccccc1. The van der Waals surface area contributed by atoms with Gasteiger partial charge in [-0.2, -0.15) is 0 Å². The van der Waals surface area contributed by atoms with E-state index in [1.165, 1.54) is 12.0 Å². The number of rotatable bonds is 7. The Morgan fingerprint density at radius 1 is 1.25 bits per heavy atom. The molecule has 1 unspecified atom stereocenters. The van der Waals surface area contributed by atoms with E-state index in [4.69, 9.17) is 4.74 Å². The standard InChI is InChI=1S/C14H21BrO/c1-3-14(12-15,10-7-11-16-2)13-8-5-4-6-9-13/h4-6,8-9H,3,7,10-12H2,1-2H3. The second kappa shape index (κ2) is 7.08. The second-order valence-electron chi connectivity index (χ2n) is 4.23. The Kier molecular flexibility index (Phi) is 6.07. The molecule has 1 rings (SSSR count). The number of hydrogen-bond acceptors (Lipinski definition) is 1. The van der Waals surface area contributed by atoms with E-state index in [1.807, 2.05) is 0 Å². The molecule has 16 heavy (non-hydrogen) atoms. The Hall–Kier alpha value is -0.340. The maximum atomic E-state index is 5.15. The first-order valence-electron chi connectivity index (χ1n) is 5.89. The molecular formula is C14H21BrO. The van der Waals surface area contributed by atoms with Crippen LogP contribution in [0.4, 0.5) is 0 Å². The lowest BCUT2D eigenvalue weighted by atomic mass is 9.76. The third kappa shape index (κ3) is 3.33. The molecule has 0 aliphatic carbocycles. The summed E-state index contributed by atoms with van der Waals surface area (Å²) in [7, 11) is 1.77. The maximum Gasteiger partial charge on any atom is 0.0462 e. The van der Waals surface area contributed by atoms with E-state index in [2.05, 4.69) is 53.2 Å². The van der Waals surface area contributed by atoms with Crippen LogP contribution in [0.25, 0.3) is 0 Å². The van der Waals surface area contributed by atoms with E-state index in [-0.39, 0.29) is 5.41 Å². The van der Waals surface area contributed by atoms with Crippen molar-refractivity contribution in [3.63, 3.8) is 0 Å². The smallest absolute Gasteiger partial charge is 0.0462 e. The minimum absolute atomic E-state index is 0.264. The van der Waals surface area contributed by atoms with Gasteiger partial charge in [0.25, 0.3) is 0 Å². The molecule has 0 amide bonds. The third-order valence-corrected chi connectivity index (χ3v) is 4.40. The molecule has 0 aromatic heterocycles. The van der Waals surface area contributed by atoms with Crippen LogP contribution in [0, 0.1) is 0 Å². The molecule has 0 heterocycles. The zero-order valence-electron chi connectivity index (χ0n) is 10.2. The summed E-state index contributed by atoms with van der Waals surface area (Å²) in [5.74, 6) is 0. The van der Waals surface area contributed by atoms with Crippen LogP contribution >= 0.6 is 15.9 Å². The fraction of sp³-hybridized carbons (Fsp3) is 0.571. The van der Waals surface area contributed by atoms with E-state index in [0.717, 1.165) is 24.8 Å². The monoisotopic (exact) mass is 284 g/mol. The van der Waals surface area contributed by atoms with Gasteiger partial charge in [-0.1, -0.05) is 53.2 Å². The molecule has 0 spiro atoms. The summed E-state index contributed by atoms with van der Waals surface area (Å²) in [5, 5.41) is 1.02. The third-order valence-electron chi connectivity index (χ3n) is 3.32. The molecule has 1 aromatic carbocycles. The highest BCUT2D eigenvalue weighted by atomic mass is 79.9. The number of halogens is 1. The van der Waals surface area contributed by atoms with Crippen LogP contribution in [0.2, 0.25) is 0 Å². The van der Waals surface area contributed by atoms with Crippen molar-refractivity contribution < 1.29 is 4.74 Å². The van der Waals surface area contributed by atoms with Crippen molar-refractivity contribution in [2.45, 2.75) is 31.6 Å². The van der Waals surface area contributed by atoms with Crippen molar-refractivity contribution in [1.82, 2.24) is 0 Å². The highest BCUT2D eigenvalue weighted by molar-refractivity contribution is 9.09. The van der Waals surface area contributed by atoms with Gasteiger partial charge in [0.2, 0.25) is 0 Å². The minimum Gasteiger partial charge on any atom is -0.385 e. The average Bonchev–Trinajstić information content (AvgIpc) is 2.36. The van der Waals surface area contributed by atoms with Gasteiger partial charge < -0.3 is 4.74 Å². The number of alkyl halides is 1. The molecule has 0 radical (unpaired) electrons. The average molecular weight is 285 g/mol. The lowest BCUT2D eigenvalue weighted by Gasteiger charge is -2.31. The van der Waals surface area contributed by atoms with Gasteiger partial charge in [-0.3, -0.25) is 0 Å². The van der Waals surface area contributed by atoms with Gasteiger partial charge in [0, 0.05) is 24.5 Å². The number of hydrogen-bond donors (Lipinski definition) is 0. The summed E-state index contributed by atoms with van der Waals surface area (Å²) in [6.07, 6.45) is 3.45. The van der Waals surface area contributed by atoms with Crippen molar-refractivity contribution in [2.75, 3.05) is 19.0 Å². The first kappa shape index (κ1) is 13.7. The summed E-state index contributed by atoms with van der Waals surface area (Å²) in [5.41, 5.74) is 1.70. The number of ether oxygens (including phenoxy) is 1. The van der Waals surface area contributed by atoms with Gasteiger partial charge in [-0.05, 0) is 24.8 Å². The maximum absolute atomic E-state index is 5.15. The number of benzene rings is 1.